The molecule has 2 heterocycles. The van der Waals surface area contributed by atoms with Gasteiger partial charge in [-0.2, -0.15) is 0 Å². The summed E-state index contributed by atoms with van der Waals surface area (Å²) < 4.78 is 13.3. The summed E-state index contributed by atoms with van der Waals surface area (Å²) in [6.45, 7) is 10.4. The van der Waals surface area contributed by atoms with Gasteiger partial charge >= 0.3 is 7.12 Å². The molecule has 1 aliphatic heterocycles. The molecule has 0 unspecified atom stereocenters. The van der Waals surface area contributed by atoms with E-state index in [2.05, 4.69) is 71.0 Å². The molecule has 1 aliphatic rings. The van der Waals surface area contributed by atoms with E-state index in [9.17, 15) is 0 Å². The fraction of sp³-hybridized carbons (Fsp3) is 0.412. The third-order valence-corrected chi connectivity index (χ3v) is 5.60. The highest BCUT2D eigenvalue weighted by Crippen LogP contribution is 2.37. The fourth-order valence-electron chi connectivity index (χ4n) is 2.31. The van der Waals surface area contributed by atoms with Gasteiger partial charge in [0.1, 0.15) is 0 Å². The highest BCUT2D eigenvalue weighted by atomic mass is 32.1. The maximum atomic E-state index is 6.11. The standard InChI is InChI=1S/C17H21BO2S/c1-12-6-8-13(9-7-12)14-10-11-15(21-14)18-19-16(2,3)17(4,5)20-18/h6-11H,1-5H3. The predicted octanol–water partition coefficient (Wildman–Crippen LogP) is 4.02. The average molecular weight is 300 g/mol. The van der Waals surface area contributed by atoms with Gasteiger partial charge in [0.2, 0.25) is 0 Å². The zero-order valence-electron chi connectivity index (χ0n) is 13.3. The maximum Gasteiger partial charge on any atom is 0.505 e. The molecule has 1 saturated heterocycles. The molecule has 2 nitrogen and oxygen atoms in total. The van der Waals surface area contributed by atoms with Crippen LogP contribution in [-0.2, 0) is 9.31 Å². The number of hydrogen-bond acceptors (Lipinski definition) is 3. The zero-order valence-corrected chi connectivity index (χ0v) is 14.1. The molecule has 1 aromatic carbocycles. The highest BCUT2D eigenvalue weighted by Gasteiger charge is 2.52. The van der Waals surface area contributed by atoms with Crippen LogP contribution in [0.15, 0.2) is 36.4 Å². The zero-order chi connectivity index (χ0) is 15.3. The van der Waals surface area contributed by atoms with Crippen molar-refractivity contribution in [3.63, 3.8) is 0 Å². The first-order valence-electron chi connectivity index (χ1n) is 7.31. The molecule has 0 amide bonds. The predicted molar refractivity (Wildman–Crippen MR) is 90.2 cm³/mol. The molecule has 0 saturated carbocycles. The topological polar surface area (TPSA) is 18.5 Å². The lowest BCUT2D eigenvalue weighted by Crippen LogP contribution is -2.41. The van der Waals surface area contributed by atoms with Gasteiger partial charge in [-0.15, -0.1) is 11.3 Å². The first kappa shape index (κ1) is 14.8. The van der Waals surface area contributed by atoms with Gasteiger partial charge in [-0.25, -0.2) is 0 Å². The van der Waals surface area contributed by atoms with Crippen LogP contribution in [0.5, 0.6) is 0 Å². The third kappa shape index (κ3) is 2.68. The van der Waals surface area contributed by atoms with Gasteiger partial charge in [-0.05, 0) is 46.2 Å². The summed E-state index contributed by atoms with van der Waals surface area (Å²) in [5.41, 5.74) is 1.95. The molecular formula is C17H21BO2S. The number of benzene rings is 1. The summed E-state index contributed by atoms with van der Waals surface area (Å²) in [6.07, 6.45) is 0. The summed E-state index contributed by atoms with van der Waals surface area (Å²) in [7, 11) is -0.265. The molecule has 1 fully saturated rings. The second-order valence-corrected chi connectivity index (χ2v) is 7.77. The van der Waals surface area contributed by atoms with Crippen molar-refractivity contribution in [2.75, 3.05) is 0 Å². The van der Waals surface area contributed by atoms with Crippen molar-refractivity contribution in [1.29, 1.82) is 0 Å². The molecule has 3 rings (SSSR count). The number of thiophene rings is 1. The minimum absolute atomic E-state index is 0.265. The number of aryl methyl sites for hydroxylation is 1. The molecule has 0 N–H and O–H groups in total. The molecule has 0 radical (unpaired) electrons. The van der Waals surface area contributed by atoms with E-state index in [-0.39, 0.29) is 18.3 Å². The molecule has 4 heteroatoms. The second-order valence-electron chi connectivity index (χ2n) is 6.66. The van der Waals surface area contributed by atoms with Gasteiger partial charge in [0.05, 0.1) is 11.2 Å². The van der Waals surface area contributed by atoms with Crippen LogP contribution in [0.2, 0.25) is 0 Å². The molecule has 2 aromatic rings. The van der Waals surface area contributed by atoms with Crippen LogP contribution >= 0.6 is 11.3 Å². The summed E-state index contributed by atoms with van der Waals surface area (Å²) in [5, 5.41) is 0. The van der Waals surface area contributed by atoms with Crippen LogP contribution in [-0.4, -0.2) is 18.3 Å². The summed E-state index contributed by atoms with van der Waals surface area (Å²) in [4.78, 5) is 1.25. The molecule has 1 aromatic heterocycles. The lowest BCUT2D eigenvalue weighted by atomic mass is 9.88. The van der Waals surface area contributed by atoms with E-state index in [0.29, 0.717) is 0 Å². The van der Waals surface area contributed by atoms with Gasteiger partial charge in [0, 0.05) is 9.65 Å². The van der Waals surface area contributed by atoms with E-state index < -0.39 is 0 Å². The Morgan fingerprint density at radius 1 is 0.857 bits per heavy atom. The van der Waals surface area contributed by atoms with Crippen LogP contribution in [0.25, 0.3) is 10.4 Å². The van der Waals surface area contributed by atoms with E-state index in [1.807, 2.05) is 0 Å². The van der Waals surface area contributed by atoms with E-state index in [4.69, 9.17) is 9.31 Å². The monoisotopic (exact) mass is 300 g/mol. The van der Waals surface area contributed by atoms with Crippen molar-refractivity contribution in [3.8, 4) is 10.4 Å². The van der Waals surface area contributed by atoms with Crippen molar-refractivity contribution in [1.82, 2.24) is 0 Å². The Bertz CT molecular complexity index is 627. The van der Waals surface area contributed by atoms with Gasteiger partial charge in [-0.3, -0.25) is 0 Å². The minimum Gasteiger partial charge on any atom is -0.399 e. The molecule has 0 atom stereocenters. The molecule has 110 valence electrons. The number of hydrogen-bond donors (Lipinski definition) is 0. The van der Waals surface area contributed by atoms with E-state index >= 15 is 0 Å². The Kier molecular flexibility index (Phi) is 3.51. The fourth-order valence-corrected chi connectivity index (χ4v) is 3.28. The van der Waals surface area contributed by atoms with Gasteiger partial charge < -0.3 is 9.31 Å². The average Bonchev–Trinajstić information content (AvgIpc) is 2.94. The molecule has 21 heavy (non-hydrogen) atoms. The maximum absolute atomic E-state index is 6.11. The van der Waals surface area contributed by atoms with Crippen molar-refractivity contribution in [2.45, 2.75) is 45.8 Å². The summed E-state index contributed by atoms with van der Waals surface area (Å²) >= 11 is 1.74. The van der Waals surface area contributed by atoms with Crippen LogP contribution < -0.4 is 4.78 Å². The Morgan fingerprint density at radius 2 is 1.43 bits per heavy atom. The van der Waals surface area contributed by atoms with Crippen molar-refractivity contribution < 1.29 is 9.31 Å². The first-order chi connectivity index (χ1) is 9.78. The SMILES string of the molecule is Cc1ccc(-c2ccc(B3OC(C)(C)C(C)(C)O3)s2)cc1. The van der Waals surface area contributed by atoms with E-state index in [1.54, 1.807) is 11.3 Å². The normalized spacial score (nSPS) is 20.0. The van der Waals surface area contributed by atoms with Crippen molar-refractivity contribution in [3.05, 3.63) is 42.0 Å². The largest absolute Gasteiger partial charge is 0.505 e. The van der Waals surface area contributed by atoms with Gasteiger partial charge in [-0.1, -0.05) is 35.9 Å². The Balaban J connectivity index is 1.85. The van der Waals surface area contributed by atoms with Gasteiger partial charge in [0.25, 0.3) is 0 Å². The Labute approximate surface area is 131 Å². The van der Waals surface area contributed by atoms with Crippen molar-refractivity contribution >= 4 is 23.2 Å². The highest BCUT2D eigenvalue weighted by molar-refractivity contribution is 7.25. The van der Waals surface area contributed by atoms with E-state index in [1.165, 1.54) is 16.0 Å². The second kappa shape index (κ2) is 4.97. The van der Waals surface area contributed by atoms with Crippen LogP contribution in [0.3, 0.4) is 0 Å². The van der Waals surface area contributed by atoms with Gasteiger partial charge in [0.15, 0.2) is 0 Å². The number of rotatable bonds is 2. The molecule has 0 aliphatic carbocycles. The van der Waals surface area contributed by atoms with E-state index in [0.717, 1.165) is 4.78 Å². The molecular weight excluding hydrogens is 279 g/mol. The molecule has 0 spiro atoms. The lowest BCUT2D eigenvalue weighted by molar-refractivity contribution is 0.00578. The quantitative estimate of drug-likeness (QED) is 0.780. The van der Waals surface area contributed by atoms with Crippen LogP contribution in [0, 0.1) is 6.92 Å². The third-order valence-electron chi connectivity index (χ3n) is 4.45. The van der Waals surface area contributed by atoms with Crippen LogP contribution in [0.4, 0.5) is 0 Å². The summed E-state index contributed by atoms with van der Waals surface area (Å²) in [5.74, 6) is 0. The van der Waals surface area contributed by atoms with Crippen molar-refractivity contribution in [2.24, 2.45) is 0 Å². The Morgan fingerprint density at radius 3 is 2.00 bits per heavy atom. The smallest absolute Gasteiger partial charge is 0.399 e. The van der Waals surface area contributed by atoms with Crippen LogP contribution in [0.1, 0.15) is 33.3 Å². The Hall–Kier alpha value is -1.10. The minimum atomic E-state index is -0.286. The summed E-state index contributed by atoms with van der Waals surface area (Å²) in [6, 6.07) is 12.9. The molecule has 0 bridgehead atoms. The first-order valence-corrected chi connectivity index (χ1v) is 8.13. The lowest BCUT2D eigenvalue weighted by Gasteiger charge is -2.32.